The first-order valence-corrected chi connectivity index (χ1v) is 6.44. The summed E-state index contributed by atoms with van der Waals surface area (Å²) < 4.78 is 0. The Hall–Kier alpha value is 0.757. The van der Waals surface area contributed by atoms with E-state index in [1.165, 1.54) is 0 Å². The van der Waals surface area contributed by atoms with Crippen molar-refractivity contribution in [3.8, 4) is 0 Å². The zero-order valence-corrected chi connectivity index (χ0v) is 6.53. The standard InChI is InChI=1S/C3H7Cl2OSi/c4-7(5)3-1-2-6/h7H,1-3H2. The van der Waals surface area contributed by atoms with Gasteiger partial charge in [-0.2, -0.15) is 22.2 Å². The monoisotopic (exact) mass is 157 g/mol. The number of rotatable bonds is 3. The molecule has 0 spiro atoms. The predicted octanol–water partition coefficient (Wildman–Crippen LogP) is 1.51. The fourth-order valence-corrected chi connectivity index (χ4v) is 1.64. The van der Waals surface area contributed by atoms with E-state index in [-0.39, 0.29) is 6.61 Å². The van der Waals surface area contributed by atoms with Crippen molar-refractivity contribution in [1.82, 2.24) is 0 Å². The minimum Gasteiger partial charge on any atom is -0.237 e. The fourth-order valence-electron chi connectivity index (χ4n) is 0.238. The second-order valence-corrected chi connectivity index (χ2v) is 6.43. The molecule has 0 bridgehead atoms. The lowest BCUT2D eigenvalue weighted by Crippen LogP contribution is -1.92. The molecule has 0 aliphatic rings. The first-order chi connectivity index (χ1) is 3.27. The summed E-state index contributed by atoms with van der Waals surface area (Å²) in [6, 6.07) is 0.757. The van der Waals surface area contributed by atoms with Gasteiger partial charge >= 0.3 is 0 Å². The Morgan fingerprint density at radius 2 is 2.00 bits per heavy atom. The van der Waals surface area contributed by atoms with Crippen molar-refractivity contribution < 1.29 is 5.11 Å². The largest absolute Gasteiger partial charge is 0.237 e. The number of hydrogen-bond acceptors (Lipinski definition) is 0. The third-order valence-corrected chi connectivity index (χ3v) is 2.72. The Balaban J connectivity index is 2.68. The molecule has 0 aliphatic carbocycles. The van der Waals surface area contributed by atoms with Gasteiger partial charge in [-0.15, -0.1) is 0 Å². The summed E-state index contributed by atoms with van der Waals surface area (Å²) in [6.45, 7) is -0.0387. The quantitative estimate of drug-likeness (QED) is 0.438. The molecule has 0 aromatic carbocycles. The molecule has 0 fully saturated rings. The van der Waals surface area contributed by atoms with Crippen LogP contribution in [0, 0.1) is 0 Å². The van der Waals surface area contributed by atoms with Crippen LogP contribution in [0.15, 0.2) is 0 Å². The first kappa shape index (κ1) is 7.76. The van der Waals surface area contributed by atoms with Crippen LogP contribution in [0.1, 0.15) is 6.42 Å². The topological polar surface area (TPSA) is 19.9 Å². The van der Waals surface area contributed by atoms with Crippen molar-refractivity contribution in [2.45, 2.75) is 12.5 Å². The Morgan fingerprint density at radius 3 is 2.14 bits per heavy atom. The number of hydrogen-bond donors (Lipinski definition) is 0. The fraction of sp³-hybridized carbons (Fsp3) is 1.00. The van der Waals surface area contributed by atoms with E-state index in [0.717, 1.165) is 6.04 Å². The van der Waals surface area contributed by atoms with Gasteiger partial charge in [-0.25, -0.2) is 5.11 Å². The van der Waals surface area contributed by atoms with E-state index in [2.05, 4.69) is 0 Å². The molecule has 0 atom stereocenters. The second kappa shape index (κ2) is 4.90. The summed E-state index contributed by atoms with van der Waals surface area (Å²) in [5.41, 5.74) is 0. The molecular weight excluding hydrogens is 151 g/mol. The zero-order valence-electron chi connectivity index (χ0n) is 3.86. The minimum absolute atomic E-state index is 0.0387. The van der Waals surface area contributed by atoms with Gasteiger partial charge in [0.2, 0.25) is 7.42 Å². The molecule has 4 heteroatoms. The van der Waals surface area contributed by atoms with Gasteiger partial charge in [-0.05, 0) is 12.5 Å². The molecule has 0 aliphatic heterocycles. The van der Waals surface area contributed by atoms with E-state index in [9.17, 15) is 5.11 Å². The zero-order chi connectivity index (χ0) is 5.70. The third-order valence-electron chi connectivity index (χ3n) is 0.567. The first-order valence-electron chi connectivity index (χ1n) is 2.13. The minimum atomic E-state index is -1.44. The van der Waals surface area contributed by atoms with Gasteiger partial charge in [0.05, 0.1) is 6.61 Å². The van der Waals surface area contributed by atoms with E-state index in [1.54, 1.807) is 0 Å². The van der Waals surface area contributed by atoms with E-state index in [1.807, 2.05) is 0 Å². The lowest BCUT2D eigenvalue weighted by Gasteiger charge is -1.90. The second-order valence-electron chi connectivity index (χ2n) is 1.24. The van der Waals surface area contributed by atoms with Gasteiger partial charge in [-0.1, -0.05) is 0 Å². The van der Waals surface area contributed by atoms with Crippen LogP contribution in [-0.4, -0.2) is 14.0 Å². The molecule has 1 nitrogen and oxygen atoms in total. The lowest BCUT2D eigenvalue weighted by molar-refractivity contribution is 0.193. The molecular formula is C3H7Cl2OSi. The molecule has 7 heavy (non-hydrogen) atoms. The molecule has 0 amide bonds. The van der Waals surface area contributed by atoms with Crippen molar-refractivity contribution in [1.29, 1.82) is 0 Å². The average Bonchev–Trinajstić information content (AvgIpc) is 1.61. The van der Waals surface area contributed by atoms with Crippen LogP contribution < -0.4 is 0 Å². The van der Waals surface area contributed by atoms with E-state index in [0.29, 0.717) is 6.42 Å². The highest BCUT2D eigenvalue weighted by Crippen LogP contribution is 2.04. The van der Waals surface area contributed by atoms with Gasteiger partial charge in [-0.3, -0.25) is 0 Å². The summed E-state index contributed by atoms with van der Waals surface area (Å²) in [5.74, 6) is 0. The highest BCUT2D eigenvalue weighted by atomic mass is 35.7. The molecule has 0 saturated carbocycles. The smallest absolute Gasteiger partial charge is 0.237 e. The van der Waals surface area contributed by atoms with Crippen molar-refractivity contribution >= 4 is 29.6 Å². The number of halogens is 2. The van der Waals surface area contributed by atoms with E-state index < -0.39 is 7.42 Å². The SMILES string of the molecule is [O]CCC[SiH](Cl)Cl. The highest BCUT2D eigenvalue weighted by molar-refractivity contribution is 7.33. The van der Waals surface area contributed by atoms with Crippen molar-refractivity contribution in [3.05, 3.63) is 0 Å². The predicted molar refractivity (Wildman–Crippen MR) is 33.8 cm³/mol. The van der Waals surface area contributed by atoms with Crippen LogP contribution in [0.2, 0.25) is 6.04 Å². The van der Waals surface area contributed by atoms with E-state index in [4.69, 9.17) is 22.2 Å². The van der Waals surface area contributed by atoms with Crippen LogP contribution in [0.5, 0.6) is 0 Å². The molecule has 0 heterocycles. The maximum atomic E-state index is 9.74. The van der Waals surface area contributed by atoms with Crippen LogP contribution in [0.3, 0.4) is 0 Å². The van der Waals surface area contributed by atoms with Crippen molar-refractivity contribution in [3.63, 3.8) is 0 Å². The summed E-state index contributed by atoms with van der Waals surface area (Å²) in [5, 5.41) is 9.74. The molecule has 0 N–H and O–H groups in total. The normalized spacial score (nSPS) is 10.3. The maximum Gasteiger partial charge on any atom is 0.237 e. The lowest BCUT2D eigenvalue weighted by atomic mass is 10.5. The average molecular weight is 158 g/mol. The van der Waals surface area contributed by atoms with E-state index >= 15 is 0 Å². The molecule has 0 saturated heterocycles. The molecule has 0 rings (SSSR count). The van der Waals surface area contributed by atoms with Gasteiger partial charge in [0.15, 0.2) is 0 Å². The van der Waals surface area contributed by atoms with Crippen molar-refractivity contribution in [2.24, 2.45) is 0 Å². The summed E-state index contributed by atoms with van der Waals surface area (Å²) in [4.78, 5) is 0. The van der Waals surface area contributed by atoms with Crippen molar-refractivity contribution in [2.75, 3.05) is 6.61 Å². The Labute approximate surface area is 54.3 Å². The highest BCUT2D eigenvalue weighted by Gasteiger charge is 1.98. The van der Waals surface area contributed by atoms with Gasteiger partial charge < -0.3 is 0 Å². The maximum absolute atomic E-state index is 9.74. The Morgan fingerprint density at radius 1 is 1.43 bits per heavy atom. The third kappa shape index (κ3) is 6.76. The Bertz CT molecular complexity index is 41.9. The molecule has 0 unspecified atom stereocenters. The summed E-state index contributed by atoms with van der Waals surface area (Å²) >= 11 is 10.8. The molecule has 1 radical (unpaired) electrons. The van der Waals surface area contributed by atoms with Gasteiger partial charge in [0.25, 0.3) is 0 Å². The van der Waals surface area contributed by atoms with Crippen LogP contribution in [0.25, 0.3) is 0 Å². The van der Waals surface area contributed by atoms with Gasteiger partial charge in [0.1, 0.15) is 0 Å². The Kier molecular flexibility index (Phi) is 5.44. The van der Waals surface area contributed by atoms with Crippen LogP contribution in [-0.2, 0) is 5.11 Å². The molecule has 0 aromatic rings. The summed E-state index contributed by atoms with van der Waals surface area (Å²) in [6.07, 6.45) is 0.643. The summed E-state index contributed by atoms with van der Waals surface area (Å²) in [7, 11) is -1.44. The van der Waals surface area contributed by atoms with Crippen LogP contribution >= 0.6 is 22.2 Å². The van der Waals surface area contributed by atoms with Crippen LogP contribution in [0.4, 0.5) is 0 Å². The van der Waals surface area contributed by atoms with Gasteiger partial charge in [0, 0.05) is 0 Å². The molecule has 0 aromatic heterocycles. The molecule has 43 valence electrons.